The number of azide groups is 1. The number of fused-ring (bicyclic) bond motifs is 1. The molecule has 0 bridgehead atoms. The van der Waals surface area contributed by atoms with E-state index in [1.165, 1.54) is 0 Å². The van der Waals surface area contributed by atoms with Gasteiger partial charge >= 0.3 is 0 Å². The maximum atomic E-state index is 10.5. The van der Waals surface area contributed by atoms with E-state index in [1.54, 1.807) is 6.08 Å². The largest absolute Gasteiger partial charge is 0.374 e. The standard InChI is InChI=1S/C70H75N3O14/c1-3-39-75-69-66(63(78-43-52-31-17-7-18-32-52)59(48(2)82-69)76-41-50-27-13-5-14-28-50)87-70-65(80-45-54-35-21-9-22-36-54)64(79-44-53-33-19-8-20-34-53)61(56(84-70)46-74-40-49-25-11-4-12-26-49)86-68-58(72-73-71)62(77-42-51-29-15-6-16-30-51)60-57(83-68)47-81-67(85-60)55-37-23-10-24-38-55/h3-38,48,56-70H,1,39-47H2,2H3/t48-,56+,57+,58-,59-,60+,61+,62+,63+,64-,65+,66+,67+,68-,69+,70+/m0/s1. The first-order valence-electron chi connectivity index (χ1n) is 29.7. The molecule has 454 valence electrons. The number of hydrogen-bond donors (Lipinski definition) is 0. The molecule has 4 aliphatic heterocycles. The molecular formula is C70H75N3O14. The fraction of sp³-hybridized carbons (Fsp3) is 0.371. The Morgan fingerprint density at radius 2 is 0.897 bits per heavy atom. The molecule has 17 nitrogen and oxygen atoms in total. The van der Waals surface area contributed by atoms with Gasteiger partial charge in [0.15, 0.2) is 25.2 Å². The van der Waals surface area contributed by atoms with Gasteiger partial charge in [-0.15, -0.1) is 6.58 Å². The van der Waals surface area contributed by atoms with Crippen LogP contribution >= 0.6 is 0 Å². The fourth-order valence-electron chi connectivity index (χ4n) is 11.3. The summed E-state index contributed by atoms with van der Waals surface area (Å²) in [6.07, 6.45) is -12.4. The van der Waals surface area contributed by atoms with Crippen LogP contribution in [-0.4, -0.2) is 112 Å². The minimum atomic E-state index is -1.30. The molecule has 16 atom stereocenters. The molecule has 17 heteroatoms. The van der Waals surface area contributed by atoms with E-state index in [4.69, 9.17) is 66.3 Å². The van der Waals surface area contributed by atoms with Crippen LogP contribution in [0.4, 0.5) is 0 Å². The Labute approximate surface area is 508 Å². The third-order valence-electron chi connectivity index (χ3n) is 15.7. The van der Waals surface area contributed by atoms with Crippen LogP contribution in [0.3, 0.4) is 0 Å². The SMILES string of the molecule is C=CCO[C@@H]1O[C@@H](C)[C@H](OCc2ccccc2)[C@@H](OCc2ccccc2)[C@H]1O[C@H]1O[C@H](COCc2ccccc2)[C@@H](O[C@@H]2O[C@@H]3CO[C@@H](c4ccccc4)O[C@H]3[C@H](OCc3ccccc3)[C@@H]2N=[N+]=[N-])[C@H](OCc2ccccc2)[C@H]1OCc1ccccc1. The van der Waals surface area contributed by atoms with Gasteiger partial charge in [0.25, 0.3) is 0 Å². The van der Waals surface area contributed by atoms with Crippen LogP contribution in [-0.2, 0) is 106 Å². The van der Waals surface area contributed by atoms with Crippen molar-refractivity contribution in [1.82, 2.24) is 0 Å². The van der Waals surface area contributed by atoms with E-state index in [9.17, 15) is 5.53 Å². The van der Waals surface area contributed by atoms with Gasteiger partial charge in [-0.25, -0.2) is 0 Å². The van der Waals surface area contributed by atoms with Crippen molar-refractivity contribution in [3.8, 4) is 0 Å². The van der Waals surface area contributed by atoms with E-state index < -0.39 is 98.3 Å². The topological polar surface area (TPSA) is 178 Å². The lowest BCUT2D eigenvalue weighted by atomic mass is 9.94. The smallest absolute Gasteiger partial charge is 0.187 e. The molecule has 4 aliphatic rings. The van der Waals surface area contributed by atoms with Crippen LogP contribution in [0.15, 0.2) is 230 Å². The molecule has 0 unspecified atom stereocenters. The number of ether oxygens (including phenoxy) is 14. The van der Waals surface area contributed by atoms with Crippen molar-refractivity contribution in [3.05, 3.63) is 274 Å². The van der Waals surface area contributed by atoms with Crippen molar-refractivity contribution in [2.24, 2.45) is 5.11 Å². The highest BCUT2D eigenvalue weighted by atomic mass is 16.8. The third-order valence-corrected chi connectivity index (χ3v) is 15.7. The van der Waals surface area contributed by atoms with Crippen molar-refractivity contribution in [1.29, 1.82) is 0 Å². The Morgan fingerprint density at radius 1 is 0.460 bits per heavy atom. The Kier molecular flexibility index (Phi) is 22.5. The fourth-order valence-corrected chi connectivity index (χ4v) is 11.3. The van der Waals surface area contributed by atoms with Gasteiger partial charge in [-0.3, -0.25) is 0 Å². The zero-order valence-electron chi connectivity index (χ0n) is 48.7. The Bertz CT molecular complexity index is 3160. The molecule has 0 saturated carbocycles. The molecule has 0 amide bonds. The highest BCUT2D eigenvalue weighted by molar-refractivity contribution is 5.20. The van der Waals surface area contributed by atoms with Gasteiger partial charge in [0.1, 0.15) is 67.1 Å². The normalized spacial score (nSPS) is 28.8. The highest BCUT2D eigenvalue weighted by Gasteiger charge is 2.57. The third kappa shape index (κ3) is 16.6. The van der Waals surface area contributed by atoms with Gasteiger partial charge in [0, 0.05) is 10.5 Å². The lowest BCUT2D eigenvalue weighted by molar-refractivity contribution is -0.396. The maximum absolute atomic E-state index is 10.5. The molecule has 0 N–H and O–H groups in total. The molecule has 4 heterocycles. The molecule has 4 saturated heterocycles. The second-order valence-electron chi connectivity index (χ2n) is 21.8. The van der Waals surface area contributed by atoms with E-state index in [0.29, 0.717) is 0 Å². The summed E-state index contributed by atoms with van der Waals surface area (Å²) in [7, 11) is 0. The Hall–Kier alpha value is -6.97. The number of benzene rings is 7. The quantitative estimate of drug-likeness (QED) is 0.0196. The lowest BCUT2D eigenvalue weighted by Gasteiger charge is -2.52. The van der Waals surface area contributed by atoms with E-state index >= 15 is 0 Å². The summed E-state index contributed by atoms with van der Waals surface area (Å²) in [5, 5.41) is 4.43. The van der Waals surface area contributed by atoms with Crippen LogP contribution in [0, 0.1) is 0 Å². The van der Waals surface area contributed by atoms with E-state index in [-0.39, 0.29) is 59.5 Å². The minimum absolute atomic E-state index is 0.0504. The van der Waals surface area contributed by atoms with Gasteiger partial charge in [0.2, 0.25) is 0 Å². The molecule has 11 rings (SSSR count). The number of nitrogens with zero attached hydrogens (tertiary/aromatic N) is 3. The molecule has 4 fully saturated rings. The first-order valence-corrected chi connectivity index (χ1v) is 29.7. The first kappa shape index (κ1) is 61.7. The summed E-state index contributed by atoms with van der Waals surface area (Å²) in [6, 6.07) is 67.6. The van der Waals surface area contributed by atoms with Crippen LogP contribution < -0.4 is 0 Å². The average molecular weight is 1180 g/mol. The molecular weight excluding hydrogens is 1110 g/mol. The van der Waals surface area contributed by atoms with Gasteiger partial charge in [-0.05, 0) is 45.8 Å². The second-order valence-corrected chi connectivity index (χ2v) is 21.8. The Morgan fingerprint density at radius 3 is 1.39 bits per heavy atom. The van der Waals surface area contributed by atoms with Crippen molar-refractivity contribution >= 4 is 0 Å². The summed E-state index contributed by atoms with van der Waals surface area (Å²) in [6.45, 7) is 7.15. The van der Waals surface area contributed by atoms with Gasteiger partial charge in [-0.2, -0.15) is 0 Å². The molecule has 0 spiro atoms. The van der Waals surface area contributed by atoms with E-state index in [1.807, 2.05) is 219 Å². The predicted octanol–water partition coefficient (Wildman–Crippen LogP) is 12.1. The number of hydrogen-bond acceptors (Lipinski definition) is 15. The van der Waals surface area contributed by atoms with Crippen molar-refractivity contribution in [2.45, 2.75) is 145 Å². The molecule has 0 radical (unpaired) electrons. The molecule has 7 aromatic rings. The molecule has 0 aliphatic carbocycles. The predicted molar refractivity (Wildman–Crippen MR) is 322 cm³/mol. The van der Waals surface area contributed by atoms with Crippen molar-refractivity contribution in [3.63, 3.8) is 0 Å². The summed E-state index contributed by atoms with van der Waals surface area (Å²) < 4.78 is 97.5. The van der Waals surface area contributed by atoms with Gasteiger partial charge in [-0.1, -0.05) is 224 Å². The highest BCUT2D eigenvalue weighted by Crippen LogP contribution is 2.41. The van der Waals surface area contributed by atoms with E-state index in [0.717, 1.165) is 38.9 Å². The molecule has 7 aromatic carbocycles. The average Bonchev–Trinajstić information content (AvgIpc) is 1.08. The van der Waals surface area contributed by atoms with Crippen LogP contribution in [0.1, 0.15) is 52.2 Å². The monoisotopic (exact) mass is 1180 g/mol. The van der Waals surface area contributed by atoms with Crippen LogP contribution in [0.25, 0.3) is 10.4 Å². The van der Waals surface area contributed by atoms with Crippen LogP contribution in [0.5, 0.6) is 0 Å². The lowest BCUT2D eigenvalue weighted by Crippen LogP contribution is -2.68. The van der Waals surface area contributed by atoms with Gasteiger partial charge in [0.05, 0.1) is 65.6 Å². The number of rotatable bonds is 28. The van der Waals surface area contributed by atoms with Crippen molar-refractivity contribution in [2.75, 3.05) is 19.8 Å². The summed E-state index contributed by atoms with van der Waals surface area (Å²) >= 11 is 0. The summed E-state index contributed by atoms with van der Waals surface area (Å²) in [5.41, 5.74) is 16.8. The van der Waals surface area contributed by atoms with Crippen molar-refractivity contribution < 1.29 is 66.3 Å². The summed E-state index contributed by atoms with van der Waals surface area (Å²) in [4.78, 5) is 3.40. The Balaban J connectivity index is 0.994. The van der Waals surface area contributed by atoms with Gasteiger partial charge < -0.3 is 66.3 Å². The molecule has 0 aromatic heterocycles. The first-order chi connectivity index (χ1) is 43.0. The van der Waals surface area contributed by atoms with Crippen LogP contribution in [0.2, 0.25) is 0 Å². The summed E-state index contributed by atoms with van der Waals surface area (Å²) in [5.74, 6) is 0. The zero-order valence-corrected chi connectivity index (χ0v) is 48.7. The maximum Gasteiger partial charge on any atom is 0.187 e. The second kappa shape index (κ2) is 31.8. The minimum Gasteiger partial charge on any atom is -0.374 e. The molecule has 87 heavy (non-hydrogen) atoms. The zero-order chi connectivity index (χ0) is 59.4. The van der Waals surface area contributed by atoms with E-state index in [2.05, 4.69) is 16.6 Å².